The molecule has 156 valence electrons. The van der Waals surface area contributed by atoms with E-state index < -0.39 is 29.6 Å². The zero-order chi connectivity index (χ0) is 21.7. The van der Waals surface area contributed by atoms with Crippen LogP contribution in [0, 0.1) is 13.8 Å². The van der Waals surface area contributed by atoms with Crippen molar-refractivity contribution in [2.45, 2.75) is 33.7 Å². The number of ether oxygens (including phenoxy) is 2. The third kappa shape index (κ3) is 4.92. The van der Waals surface area contributed by atoms with Crippen LogP contribution in [0.4, 0.5) is 5.82 Å². The molecule has 2 N–H and O–H groups in total. The van der Waals surface area contributed by atoms with Crippen LogP contribution in [0.5, 0.6) is 5.75 Å². The molecule has 0 aliphatic rings. The molecular formula is C20H25N3O6. The molecule has 0 aliphatic heterocycles. The van der Waals surface area contributed by atoms with E-state index in [-0.39, 0.29) is 24.5 Å². The van der Waals surface area contributed by atoms with Crippen molar-refractivity contribution in [1.29, 1.82) is 0 Å². The van der Waals surface area contributed by atoms with E-state index in [4.69, 9.17) is 15.2 Å². The normalized spacial score (nSPS) is 10.6. The fourth-order valence-electron chi connectivity index (χ4n) is 2.74. The van der Waals surface area contributed by atoms with E-state index in [1.54, 1.807) is 6.07 Å². The molecule has 2 rings (SSSR count). The number of aryl methyl sites for hydroxylation is 2. The number of nitrogens with zero attached hydrogens (tertiary/aromatic N) is 2. The van der Waals surface area contributed by atoms with Gasteiger partial charge in [-0.2, -0.15) is 0 Å². The van der Waals surface area contributed by atoms with Gasteiger partial charge in [-0.25, -0.2) is 9.59 Å². The number of carbonyl (C=O) groups excluding carboxylic acids is 2. The number of aromatic nitrogens is 2. The van der Waals surface area contributed by atoms with Gasteiger partial charge >= 0.3 is 11.7 Å². The first-order valence-electron chi connectivity index (χ1n) is 9.15. The van der Waals surface area contributed by atoms with Crippen LogP contribution in [0.3, 0.4) is 0 Å². The van der Waals surface area contributed by atoms with Gasteiger partial charge in [-0.1, -0.05) is 19.1 Å². The number of nitrogen functional groups attached to an aromatic ring is 1. The smallest absolute Gasteiger partial charge is 0.344 e. The summed E-state index contributed by atoms with van der Waals surface area (Å²) >= 11 is 0. The van der Waals surface area contributed by atoms with Crippen LogP contribution in [0.15, 0.2) is 27.8 Å². The molecule has 0 fully saturated rings. The van der Waals surface area contributed by atoms with Gasteiger partial charge in [0.2, 0.25) is 5.78 Å². The van der Waals surface area contributed by atoms with Crippen LogP contribution in [0.25, 0.3) is 0 Å². The minimum Gasteiger partial charge on any atom is -0.482 e. The quantitative estimate of drug-likeness (QED) is 0.514. The van der Waals surface area contributed by atoms with Gasteiger partial charge < -0.3 is 15.2 Å². The molecular weight excluding hydrogens is 378 g/mol. The molecule has 0 spiro atoms. The second-order valence-corrected chi connectivity index (χ2v) is 6.70. The van der Waals surface area contributed by atoms with Crippen molar-refractivity contribution < 1.29 is 19.1 Å². The van der Waals surface area contributed by atoms with E-state index in [0.29, 0.717) is 12.2 Å². The summed E-state index contributed by atoms with van der Waals surface area (Å²) in [6.07, 6.45) is 0.584. The van der Waals surface area contributed by atoms with Crippen LogP contribution in [0.2, 0.25) is 0 Å². The maximum Gasteiger partial charge on any atom is 0.344 e. The Hall–Kier alpha value is -3.36. The number of esters is 1. The van der Waals surface area contributed by atoms with Gasteiger partial charge in [-0.15, -0.1) is 0 Å². The molecule has 1 aromatic carbocycles. The molecule has 0 saturated heterocycles. The van der Waals surface area contributed by atoms with Gasteiger partial charge in [0.15, 0.2) is 13.2 Å². The molecule has 0 amide bonds. The molecule has 9 heteroatoms. The largest absolute Gasteiger partial charge is 0.482 e. The maximum absolute atomic E-state index is 12.5. The highest BCUT2D eigenvalue weighted by Crippen LogP contribution is 2.19. The summed E-state index contributed by atoms with van der Waals surface area (Å²) in [6.45, 7) is 4.75. The van der Waals surface area contributed by atoms with E-state index in [9.17, 15) is 19.2 Å². The van der Waals surface area contributed by atoms with Crippen LogP contribution in [-0.2, 0) is 23.1 Å². The minimum absolute atomic E-state index is 0.229. The van der Waals surface area contributed by atoms with Gasteiger partial charge in [0, 0.05) is 13.6 Å². The fraction of sp³-hybridized carbons (Fsp3) is 0.400. The topological polar surface area (TPSA) is 123 Å². The SMILES string of the molecule is CCCn1c(N)c(C(=O)COC(=O)COc2cc(C)ccc2C)c(=O)n(C)c1=O. The van der Waals surface area contributed by atoms with Gasteiger partial charge in [-0.3, -0.25) is 18.7 Å². The molecule has 0 saturated carbocycles. The molecule has 0 atom stereocenters. The maximum atomic E-state index is 12.5. The van der Waals surface area contributed by atoms with E-state index in [1.165, 1.54) is 7.05 Å². The van der Waals surface area contributed by atoms with Crippen LogP contribution in [-0.4, -0.2) is 34.1 Å². The van der Waals surface area contributed by atoms with Crippen molar-refractivity contribution in [2.75, 3.05) is 18.9 Å². The molecule has 9 nitrogen and oxygen atoms in total. The molecule has 1 aromatic heterocycles. The number of benzene rings is 1. The Balaban J connectivity index is 2.09. The Bertz CT molecular complexity index is 1050. The number of hydrogen-bond acceptors (Lipinski definition) is 7. The average molecular weight is 403 g/mol. The standard InChI is InChI=1S/C20H25N3O6/c1-5-8-23-18(21)17(19(26)22(4)20(23)27)14(24)10-29-16(25)11-28-15-9-12(2)6-7-13(15)3/h6-7,9H,5,8,10-11,21H2,1-4H3. The van der Waals surface area contributed by atoms with Crippen LogP contribution >= 0.6 is 0 Å². The number of carbonyl (C=O) groups is 2. The predicted molar refractivity (Wildman–Crippen MR) is 107 cm³/mol. The Labute approximate surface area is 167 Å². The second-order valence-electron chi connectivity index (χ2n) is 6.70. The van der Waals surface area contributed by atoms with Crippen molar-refractivity contribution in [3.05, 3.63) is 55.7 Å². The van der Waals surface area contributed by atoms with E-state index in [0.717, 1.165) is 20.3 Å². The summed E-state index contributed by atoms with van der Waals surface area (Å²) in [5.74, 6) is -1.24. The number of Topliss-reactive ketones (excluding diaryl/α,β-unsaturated/α-hetero) is 1. The highest BCUT2D eigenvalue weighted by atomic mass is 16.6. The first-order valence-corrected chi connectivity index (χ1v) is 9.15. The van der Waals surface area contributed by atoms with Crippen molar-refractivity contribution in [3.8, 4) is 5.75 Å². The number of hydrogen-bond donors (Lipinski definition) is 1. The average Bonchev–Trinajstić information content (AvgIpc) is 2.68. The molecule has 0 radical (unpaired) electrons. The lowest BCUT2D eigenvalue weighted by Gasteiger charge is -2.14. The van der Waals surface area contributed by atoms with Gasteiger partial charge in [0.1, 0.15) is 17.1 Å². The van der Waals surface area contributed by atoms with Crippen LogP contribution in [0.1, 0.15) is 34.8 Å². The molecule has 0 aliphatic carbocycles. The lowest BCUT2D eigenvalue weighted by molar-refractivity contribution is -0.144. The summed E-state index contributed by atoms with van der Waals surface area (Å²) in [7, 11) is 1.26. The zero-order valence-electron chi connectivity index (χ0n) is 17.0. The molecule has 29 heavy (non-hydrogen) atoms. The third-order valence-corrected chi connectivity index (χ3v) is 4.36. The highest BCUT2D eigenvalue weighted by Gasteiger charge is 2.22. The zero-order valence-corrected chi connectivity index (χ0v) is 17.0. The van der Waals surface area contributed by atoms with E-state index in [1.807, 2.05) is 32.9 Å². The number of anilines is 1. The summed E-state index contributed by atoms with van der Waals surface area (Å²) in [5.41, 5.74) is 5.90. The summed E-state index contributed by atoms with van der Waals surface area (Å²) in [6, 6.07) is 5.57. The summed E-state index contributed by atoms with van der Waals surface area (Å²) in [5, 5.41) is 0. The van der Waals surface area contributed by atoms with E-state index in [2.05, 4.69) is 0 Å². The first kappa shape index (κ1) is 21.9. The first-order chi connectivity index (χ1) is 13.7. The van der Waals surface area contributed by atoms with Crippen molar-refractivity contribution >= 4 is 17.6 Å². The summed E-state index contributed by atoms with van der Waals surface area (Å²) in [4.78, 5) is 48.9. The number of rotatable bonds is 8. The second kappa shape index (κ2) is 9.22. The summed E-state index contributed by atoms with van der Waals surface area (Å²) < 4.78 is 12.3. The number of nitrogens with two attached hydrogens (primary N) is 1. The Morgan fingerprint density at radius 1 is 1.14 bits per heavy atom. The van der Waals surface area contributed by atoms with Gasteiger partial charge in [0.05, 0.1) is 0 Å². The highest BCUT2D eigenvalue weighted by molar-refractivity contribution is 6.01. The molecule has 0 bridgehead atoms. The van der Waals surface area contributed by atoms with Gasteiger partial charge in [0.25, 0.3) is 5.56 Å². The minimum atomic E-state index is -0.826. The Morgan fingerprint density at radius 2 is 1.83 bits per heavy atom. The Morgan fingerprint density at radius 3 is 2.48 bits per heavy atom. The van der Waals surface area contributed by atoms with Crippen molar-refractivity contribution in [3.63, 3.8) is 0 Å². The monoisotopic (exact) mass is 403 g/mol. The van der Waals surface area contributed by atoms with Gasteiger partial charge in [-0.05, 0) is 37.5 Å². The predicted octanol–water partition coefficient (Wildman–Crippen LogP) is 0.961. The van der Waals surface area contributed by atoms with Crippen molar-refractivity contribution in [1.82, 2.24) is 9.13 Å². The molecule has 0 unspecified atom stereocenters. The van der Waals surface area contributed by atoms with Crippen molar-refractivity contribution in [2.24, 2.45) is 7.05 Å². The third-order valence-electron chi connectivity index (χ3n) is 4.36. The van der Waals surface area contributed by atoms with Crippen LogP contribution < -0.4 is 21.7 Å². The molecule has 2 aromatic rings. The molecule has 1 heterocycles. The Kier molecular flexibility index (Phi) is 6.98. The van der Waals surface area contributed by atoms with E-state index >= 15 is 0 Å². The lowest BCUT2D eigenvalue weighted by Crippen LogP contribution is -2.43. The lowest BCUT2D eigenvalue weighted by atomic mass is 10.1. The fourth-order valence-corrected chi connectivity index (χ4v) is 2.74. The number of ketones is 1.